The number of aliphatic carboxylic acids is 1. The number of hydrogen-bond donors (Lipinski definition) is 2. The van der Waals surface area contributed by atoms with Crippen molar-refractivity contribution in [2.45, 2.75) is 33.2 Å². The summed E-state index contributed by atoms with van der Waals surface area (Å²) in [6.45, 7) is 5.60. The second-order valence-corrected chi connectivity index (χ2v) is 6.09. The number of aryl methyl sites for hydroxylation is 2. The monoisotopic (exact) mass is 341 g/mol. The smallest absolute Gasteiger partial charge is 0.326 e. The Hall–Kier alpha value is -2.82. The second-order valence-electron chi connectivity index (χ2n) is 6.09. The Morgan fingerprint density at radius 1 is 1.04 bits per heavy atom. The third-order valence-electron chi connectivity index (χ3n) is 4.14. The molecule has 1 atom stereocenters. The van der Waals surface area contributed by atoms with Crippen molar-refractivity contribution in [1.82, 2.24) is 5.32 Å². The van der Waals surface area contributed by atoms with Gasteiger partial charge in [0.2, 0.25) is 0 Å². The summed E-state index contributed by atoms with van der Waals surface area (Å²) < 4.78 is 5.64. The zero-order chi connectivity index (χ0) is 18.4. The van der Waals surface area contributed by atoms with E-state index < -0.39 is 17.9 Å². The summed E-state index contributed by atoms with van der Waals surface area (Å²) in [5.41, 5.74) is 3.84. The summed E-state index contributed by atoms with van der Waals surface area (Å²) in [7, 11) is 0. The summed E-state index contributed by atoms with van der Waals surface area (Å²) in [5, 5.41) is 11.9. The Labute approximate surface area is 147 Å². The summed E-state index contributed by atoms with van der Waals surface area (Å²) >= 11 is 0. The minimum Gasteiger partial charge on any atom is -0.483 e. The molecular weight excluding hydrogens is 318 g/mol. The van der Waals surface area contributed by atoms with Crippen LogP contribution in [0.25, 0.3) is 0 Å². The molecule has 0 saturated carbocycles. The lowest BCUT2D eigenvalue weighted by molar-refractivity contribution is -0.142. The Bertz CT molecular complexity index is 756. The van der Waals surface area contributed by atoms with Crippen LogP contribution in [0.2, 0.25) is 0 Å². The zero-order valence-electron chi connectivity index (χ0n) is 14.7. The van der Waals surface area contributed by atoms with Gasteiger partial charge < -0.3 is 15.2 Å². The largest absolute Gasteiger partial charge is 0.483 e. The van der Waals surface area contributed by atoms with Crippen molar-refractivity contribution >= 4 is 11.9 Å². The molecule has 0 radical (unpaired) electrons. The van der Waals surface area contributed by atoms with Gasteiger partial charge in [0.1, 0.15) is 11.8 Å². The van der Waals surface area contributed by atoms with E-state index in [1.807, 2.05) is 63.2 Å². The molecule has 1 unspecified atom stereocenters. The van der Waals surface area contributed by atoms with Crippen LogP contribution in [-0.2, 0) is 16.0 Å². The fourth-order valence-electron chi connectivity index (χ4n) is 2.57. The van der Waals surface area contributed by atoms with Gasteiger partial charge in [-0.25, -0.2) is 4.79 Å². The molecule has 0 aliphatic heterocycles. The van der Waals surface area contributed by atoms with Gasteiger partial charge in [-0.15, -0.1) is 0 Å². The third kappa shape index (κ3) is 5.08. The Morgan fingerprint density at radius 3 is 2.32 bits per heavy atom. The average molecular weight is 341 g/mol. The van der Waals surface area contributed by atoms with Gasteiger partial charge in [0.25, 0.3) is 5.91 Å². The summed E-state index contributed by atoms with van der Waals surface area (Å²) in [6.07, 6.45) is 0.227. The van der Waals surface area contributed by atoms with Crippen molar-refractivity contribution in [2.75, 3.05) is 6.61 Å². The zero-order valence-corrected chi connectivity index (χ0v) is 14.7. The summed E-state index contributed by atoms with van der Waals surface area (Å²) in [4.78, 5) is 23.5. The molecule has 2 N–H and O–H groups in total. The molecule has 1 amide bonds. The highest BCUT2D eigenvalue weighted by molar-refractivity contribution is 5.84. The number of carbonyl (C=O) groups excluding carboxylic acids is 1. The molecule has 25 heavy (non-hydrogen) atoms. The van der Waals surface area contributed by atoms with E-state index in [9.17, 15) is 14.7 Å². The highest BCUT2D eigenvalue weighted by Crippen LogP contribution is 2.25. The number of carboxylic acids is 1. The molecule has 2 aromatic carbocycles. The van der Waals surface area contributed by atoms with Crippen LogP contribution in [0.5, 0.6) is 5.75 Å². The van der Waals surface area contributed by atoms with Crippen molar-refractivity contribution in [1.29, 1.82) is 0 Å². The first-order valence-electron chi connectivity index (χ1n) is 8.14. The van der Waals surface area contributed by atoms with Gasteiger partial charge in [-0.1, -0.05) is 42.5 Å². The van der Waals surface area contributed by atoms with E-state index in [1.165, 1.54) is 0 Å². The maximum Gasteiger partial charge on any atom is 0.326 e. The number of amides is 1. The number of hydrogen-bond acceptors (Lipinski definition) is 3. The predicted molar refractivity (Wildman–Crippen MR) is 95.9 cm³/mol. The number of carbonyl (C=O) groups is 2. The molecule has 2 rings (SSSR count). The van der Waals surface area contributed by atoms with E-state index in [4.69, 9.17) is 4.74 Å². The summed E-state index contributed by atoms with van der Waals surface area (Å²) in [6, 6.07) is 12.1. The molecule has 0 bridgehead atoms. The third-order valence-corrected chi connectivity index (χ3v) is 4.14. The maximum atomic E-state index is 12.1. The molecule has 0 aromatic heterocycles. The standard InChI is InChI=1S/C20H23NO4/c1-13-9-10-14(2)19(15(13)3)25-12-18(22)21-17(20(23)24)11-16-7-5-4-6-8-16/h4-10,17H,11-12H2,1-3H3,(H,21,22)(H,23,24). The fraction of sp³-hybridized carbons (Fsp3) is 0.300. The van der Waals surface area contributed by atoms with Crippen LogP contribution in [0.1, 0.15) is 22.3 Å². The van der Waals surface area contributed by atoms with Gasteiger partial charge in [0.15, 0.2) is 6.61 Å². The second kappa shape index (κ2) is 8.33. The number of nitrogens with one attached hydrogen (secondary N) is 1. The molecule has 0 fully saturated rings. The lowest BCUT2D eigenvalue weighted by Crippen LogP contribution is -2.44. The molecule has 0 aliphatic carbocycles. The quantitative estimate of drug-likeness (QED) is 0.812. The van der Waals surface area contributed by atoms with E-state index in [2.05, 4.69) is 5.32 Å². The highest BCUT2D eigenvalue weighted by Gasteiger charge is 2.21. The van der Waals surface area contributed by atoms with Crippen molar-refractivity contribution in [3.05, 3.63) is 64.7 Å². The molecular formula is C20H23NO4. The van der Waals surface area contributed by atoms with Crippen molar-refractivity contribution in [2.24, 2.45) is 0 Å². The molecule has 0 saturated heterocycles. The maximum absolute atomic E-state index is 12.1. The van der Waals surface area contributed by atoms with E-state index in [1.54, 1.807) is 0 Å². The van der Waals surface area contributed by atoms with Crippen molar-refractivity contribution in [3.63, 3.8) is 0 Å². The first-order chi connectivity index (χ1) is 11.9. The summed E-state index contributed by atoms with van der Waals surface area (Å²) in [5.74, 6) is -0.853. The van der Waals surface area contributed by atoms with Gasteiger partial charge in [-0.3, -0.25) is 4.79 Å². The van der Waals surface area contributed by atoms with Crippen LogP contribution >= 0.6 is 0 Å². The first-order valence-corrected chi connectivity index (χ1v) is 8.14. The molecule has 2 aromatic rings. The van der Waals surface area contributed by atoms with E-state index in [0.29, 0.717) is 5.75 Å². The Kier molecular flexibility index (Phi) is 6.17. The van der Waals surface area contributed by atoms with Crippen LogP contribution in [0, 0.1) is 20.8 Å². The van der Waals surface area contributed by atoms with Crippen molar-refractivity contribution in [3.8, 4) is 5.75 Å². The van der Waals surface area contributed by atoms with Gasteiger partial charge in [0, 0.05) is 6.42 Å². The topological polar surface area (TPSA) is 75.6 Å². The van der Waals surface area contributed by atoms with Gasteiger partial charge in [0.05, 0.1) is 0 Å². The van der Waals surface area contributed by atoms with Crippen LogP contribution in [0.4, 0.5) is 0 Å². The van der Waals surface area contributed by atoms with Gasteiger partial charge in [-0.05, 0) is 43.0 Å². The molecule has 5 heteroatoms. The molecule has 132 valence electrons. The van der Waals surface area contributed by atoms with E-state index >= 15 is 0 Å². The highest BCUT2D eigenvalue weighted by atomic mass is 16.5. The first kappa shape index (κ1) is 18.5. The fourth-order valence-corrected chi connectivity index (χ4v) is 2.57. The lowest BCUT2D eigenvalue weighted by atomic mass is 10.1. The number of carboxylic acid groups (broad SMARTS) is 1. The molecule has 0 aliphatic rings. The number of ether oxygens (including phenoxy) is 1. The minimum absolute atomic E-state index is 0.219. The molecule has 0 spiro atoms. The van der Waals surface area contributed by atoms with E-state index in [0.717, 1.165) is 22.3 Å². The lowest BCUT2D eigenvalue weighted by Gasteiger charge is -2.17. The van der Waals surface area contributed by atoms with Crippen LogP contribution in [0.15, 0.2) is 42.5 Å². The average Bonchev–Trinajstić information content (AvgIpc) is 2.58. The Morgan fingerprint density at radius 2 is 1.68 bits per heavy atom. The van der Waals surface area contributed by atoms with Crippen LogP contribution in [-0.4, -0.2) is 29.6 Å². The molecule has 0 heterocycles. The van der Waals surface area contributed by atoms with Crippen LogP contribution in [0.3, 0.4) is 0 Å². The van der Waals surface area contributed by atoms with Crippen LogP contribution < -0.4 is 10.1 Å². The minimum atomic E-state index is -1.07. The number of rotatable bonds is 7. The van der Waals surface area contributed by atoms with Crippen molar-refractivity contribution < 1.29 is 19.4 Å². The predicted octanol–water partition coefficient (Wildman–Crippen LogP) is 2.80. The Balaban J connectivity index is 1.98. The van der Waals surface area contributed by atoms with Gasteiger partial charge in [-0.2, -0.15) is 0 Å². The SMILES string of the molecule is Cc1ccc(C)c(OCC(=O)NC(Cc2ccccc2)C(=O)O)c1C. The number of benzene rings is 2. The van der Waals surface area contributed by atoms with Gasteiger partial charge >= 0.3 is 5.97 Å². The van der Waals surface area contributed by atoms with E-state index in [-0.39, 0.29) is 13.0 Å². The normalized spacial score (nSPS) is 11.6. The molecule has 5 nitrogen and oxygen atoms in total.